The number of rotatable bonds is 6. The third-order valence-electron chi connectivity index (χ3n) is 4.12. The molecule has 2 heterocycles. The molecular weight excluding hydrogens is 242 g/mol. The van der Waals surface area contributed by atoms with Gasteiger partial charge in [-0.2, -0.15) is 0 Å². The molecule has 1 fully saturated rings. The predicted molar refractivity (Wildman–Crippen MR) is 74.4 cm³/mol. The Hall–Kier alpha value is -0.910. The van der Waals surface area contributed by atoms with Crippen LogP contribution in [0, 0.1) is 0 Å². The first-order valence-electron chi connectivity index (χ1n) is 6.92. The van der Waals surface area contributed by atoms with Gasteiger partial charge < -0.3 is 19.4 Å². The molecule has 0 spiro atoms. The molecule has 1 unspecified atom stereocenters. The summed E-state index contributed by atoms with van der Waals surface area (Å²) in [6.07, 6.45) is 6.29. The van der Waals surface area contributed by atoms with Crippen molar-refractivity contribution in [1.82, 2.24) is 14.9 Å². The van der Waals surface area contributed by atoms with Crippen molar-refractivity contribution in [3.8, 4) is 0 Å². The minimum atomic E-state index is 0.0725. The molecule has 0 radical (unpaired) electrons. The minimum Gasteiger partial charge on any atom is -0.382 e. The molecular formula is C14H25N3O2. The summed E-state index contributed by atoms with van der Waals surface area (Å²) >= 11 is 0. The molecule has 5 nitrogen and oxygen atoms in total. The van der Waals surface area contributed by atoms with Gasteiger partial charge in [0.1, 0.15) is 0 Å². The van der Waals surface area contributed by atoms with Gasteiger partial charge in [0, 0.05) is 31.5 Å². The van der Waals surface area contributed by atoms with Crippen molar-refractivity contribution < 1.29 is 9.47 Å². The Bertz CT molecular complexity index is 386. The van der Waals surface area contributed by atoms with Gasteiger partial charge in [-0.1, -0.05) is 6.92 Å². The summed E-state index contributed by atoms with van der Waals surface area (Å²) in [5, 5.41) is 3.42. The van der Waals surface area contributed by atoms with E-state index in [4.69, 9.17) is 9.47 Å². The predicted octanol–water partition coefficient (Wildman–Crippen LogP) is 1.19. The third-order valence-corrected chi connectivity index (χ3v) is 4.12. The van der Waals surface area contributed by atoms with Crippen molar-refractivity contribution in [2.75, 3.05) is 33.9 Å². The molecule has 1 aliphatic rings. The lowest BCUT2D eigenvalue weighted by Crippen LogP contribution is -2.39. The van der Waals surface area contributed by atoms with E-state index in [-0.39, 0.29) is 11.5 Å². The van der Waals surface area contributed by atoms with Crippen molar-refractivity contribution in [1.29, 1.82) is 0 Å². The van der Waals surface area contributed by atoms with Crippen molar-refractivity contribution >= 4 is 0 Å². The van der Waals surface area contributed by atoms with Crippen LogP contribution >= 0.6 is 0 Å². The number of hydrogen-bond acceptors (Lipinski definition) is 4. The second-order valence-corrected chi connectivity index (χ2v) is 5.55. The van der Waals surface area contributed by atoms with Crippen LogP contribution in [-0.2, 0) is 21.4 Å². The van der Waals surface area contributed by atoms with Crippen molar-refractivity contribution in [3.63, 3.8) is 0 Å². The summed E-state index contributed by atoms with van der Waals surface area (Å²) in [7, 11) is 3.43. The topological polar surface area (TPSA) is 48.3 Å². The van der Waals surface area contributed by atoms with Crippen LogP contribution in [-0.4, -0.2) is 49.6 Å². The van der Waals surface area contributed by atoms with Gasteiger partial charge in [-0.3, -0.25) is 0 Å². The molecule has 5 heteroatoms. The van der Waals surface area contributed by atoms with Crippen LogP contribution in [0.5, 0.6) is 0 Å². The maximum Gasteiger partial charge on any atom is 0.0983 e. The van der Waals surface area contributed by atoms with Crippen LogP contribution in [0.25, 0.3) is 0 Å². The zero-order valence-corrected chi connectivity index (χ0v) is 12.2. The van der Waals surface area contributed by atoms with E-state index in [1.54, 1.807) is 14.2 Å². The summed E-state index contributed by atoms with van der Waals surface area (Å²) in [6.45, 7) is 5.88. The average molecular weight is 267 g/mol. The second kappa shape index (κ2) is 6.50. The Morgan fingerprint density at radius 1 is 1.42 bits per heavy atom. The van der Waals surface area contributed by atoms with Gasteiger partial charge >= 0.3 is 0 Å². The number of ether oxygens (including phenoxy) is 2. The van der Waals surface area contributed by atoms with Crippen LogP contribution in [0.1, 0.15) is 25.5 Å². The molecule has 0 bridgehead atoms. The highest BCUT2D eigenvalue weighted by Gasteiger charge is 2.32. The molecule has 0 amide bonds. The first-order chi connectivity index (χ1) is 9.19. The first kappa shape index (κ1) is 14.5. The van der Waals surface area contributed by atoms with E-state index in [0.717, 1.165) is 32.5 Å². The molecule has 19 heavy (non-hydrogen) atoms. The number of piperidine rings is 1. The second-order valence-electron chi connectivity index (χ2n) is 5.55. The van der Waals surface area contributed by atoms with Gasteiger partial charge in [0.2, 0.25) is 0 Å². The van der Waals surface area contributed by atoms with E-state index >= 15 is 0 Å². The fourth-order valence-corrected chi connectivity index (χ4v) is 2.80. The zero-order chi connectivity index (χ0) is 13.7. The van der Waals surface area contributed by atoms with E-state index in [1.165, 1.54) is 5.69 Å². The van der Waals surface area contributed by atoms with E-state index in [0.29, 0.717) is 6.61 Å². The van der Waals surface area contributed by atoms with Crippen LogP contribution in [0.4, 0.5) is 0 Å². The maximum absolute atomic E-state index is 5.45. The molecule has 2 rings (SSSR count). The largest absolute Gasteiger partial charge is 0.382 e. The number of methoxy groups -OCH3 is 2. The minimum absolute atomic E-state index is 0.0725. The van der Waals surface area contributed by atoms with Crippen LogP contribution < -0.4 is 5.32 Å². The summed E-state index contributed by atoms with van der Waals surface area (Å²) in [6, 6.07) is 0. The van der Waals surface area contributed by atoms with E-state index in [2.05, 4.69) is 21.8 Å². The number of hydrogen-bond donors (Lipinski definition) is 1. The van der Waals surface area contributed by atoms with E-state index in [1.807, 2.05) is 12.5 Å². The van der Waals surface area contributed by atoms with E-state index < -0.39 is 0 Å². The molecule has 1 atom stereocenters. The van der Waals surface area contributed by atoms with Crippen molar-refractivity contribution in [2.45, 2.75) is 37.8 Å². The summed E-state index contributed by atoms with van der Waals surface area (Å²) in [4.78, 5) is 4.34. The highest BCUT2D eigenvalue weighted by Crippen LogP contribution is 2.32. The van der Waals surface area contributed by atoms with Crippen molar-refractivity contribution in [3.05, 3.63) is 18.2 Å². The van der Waals surface area contributed by atoms with Gasteiger partial charge in [-0.05, 0) is 25.9 Å². The number of nitrogens with zero attached hydrogens (tertiary/aromatic N) is 2. The van der Waals surface area contributed by atoms with Gasteiger partial charge in [0.25, 0.3) is 0 Å². The first-order valence-corrected chi connectivity index (χ1v) is 6.92. The number of aromatic nitrogens is 2. The Kier molecular flexibility index (Phi) is 4.96. The van der Waals surface area contributed by atoms with Gasteiger partial charge in [-0.25, -0.2) is 4.98 Å². The van der Waals surface area contributed by atoms with Gasteiger partial charge in [0.05, 0.1) is 25.6 Å². The quantitative estimate of drug-likeness (QED) is 0.841. The lowest BCUT2D eigenvalue weighted by molar-refractivity contribution is 0.0173. The normalized spacial score (nSPS) is 20.4. The van der Waals surface area contributed by atoms with Crippen LogP contribution in [0.15, 0.2) is 12.5 Å². The van der Waals surface area contributed by atoms with Crippen LogP contribution in [0.3, 0.4) is 0 Å². The van der Waals surface area contributed by atoms with Gasteiger partial charge in [0.15, 0.2) is 0 Å². The smallest absolute Gasteiger partial charge is 0.0983 e. The Morgan fingerprint density at radius 2 is 2.16 bits per heavy atom. The summed E-state index contributed by atoms with van der Waals surface area (Å²) in [5.74, 6) is 0. The fourth-order valence-electron chi connectivity index (χ4n) is 2.80. The summed E-state index contributed by atoms with van der Waals surface area (Å²) in [5.41, 5.74) is 1.53. The van der Waals surface area contributed by atoms with Crippen molar-refractivity contribution in [2.24, 2.45) is 0 Å². The zero-order valence-electron chi connectivity index (χ0n) is 12.2. The molecule has 0 saturated carbocycles. The Morgan fingerprint density at radius 3 is 2.79 bits per heavy atom. The molecule has 1 saturated heterocycles. The monoisotopic (exact) mass is 267 g/mol. The molecule has 1 aromatic rings. The van der Waals surface area contributed by atoms with Crippen LogP contribution in [0.2, 0.25) is 0 Å². The number of imidazole rings is 1. The third kappa shape index (κ3) is 3.35. The van der Waals surface area contributed by atoms with E-state index in [9.17, 15) is 0 Å². The molecule has 0 aromatic carbocycles. The maximum atomic E-state index is 5.45. The molecule has 1 aromatic heterocycles. The van der Waals surface area contributed by atoms with Gasteiger partial charge in [-0.15, -0.1) is 0 Å². The highest BCUT2D eigenvalue weighted by molar-refractivity contribution is 5.15. The average Bonchev–Trinajstić information content (AvgIpc) is 2.88. The Labute approximate surface area is 115 Å². The number of nitrogens with one attached hydrogen (secondary N) is 1. The molecule has 0 aliphatic carbocycles. The highest BCUT2D eigenvalue weighted by atomic mass is 16.5. The SMILES string of the molecule is COCC(Cn1cncc1C1(C)CCNCC1)OC. The molecule has 108 valence electrons. The standard InChI is InChI=1S/C14H25N3O2/c1-14(4-6-15-7-5-14)13-8-16-11-17(13)9-12(19-3)10-18-2/h8,11-12,15H,4-7,9-10H2,1-3H3. The fraction of sp³-hybridized carbons (Fsp3) is 0.786. The molecule has 1 N–H and O–H groups in total. The molecule has 1 aliphatic heterocycles. The summed E-state index contributed by atoms with van der Waals surface area (Å²) < 4.78 is 12.9. The lowest BCUT2D eigenvalue weighted by Gasteiger charge is -2.35. The Balaban J connectivity index is 2.12. The lowest BCUT2D eigenvalue weighted by atomic mass is 9.78.